The molecule has 2 aliphatic rings. The molecular formula is C12H10N4S2. The molecule has 0 atom stereocenters. The summed E-state index contributed by atoms with van der Waals surface area (Å²) in [7, 11) is 0. The third kappa shape index (κ3) is 1.46. The van der Waals surface area contributed by atoms with E-state index in [0.717, 1.165) is 28.5 Å². The molecule has 0 spiro atoms. The van der Waals surface area contributed by atoms with E-state index in [4.69, 9.17) is 5.73 Å². The van der Waals surface area contributed by atoms with Crippen LogP contribution in [0.3, 0.4) is 0 Å². The molecule has 2 aliphatic heterocycles. The summed E-state index contributed by atoms with van der Waals surface area (Å²) in [6.45, 7) is 1.88. The van der Waals surface area contributed by atoms with Crippen LogP contribution in [0.15, 0.2) is 28.6 Å². The van der Waals surface area contributed by atoms with Gasteiger partial charge in [-0.3, -0.25) is 4.99 Å². The molecule has 0 amide bonds. The van der Waals surface area contributed by atoms with Gasteiger partial charge in [-0.1, -0.05) is 29.2 Å². The van der Waals surface area contributed by atoms with Gasteiger partial charge in [0.2, 0.25) is 0 Å². The van der Waals surface area contributed by atoms with Crippen molar-refractivity contribution in [2.75, 3.05) is 18.8 Å². The molecule has 4 rings (SSSR count). The number of anilines is 1. The van der Waals surface area contributed by atoms with E-state index in [-0.39, 0.29) is 0 Å². The smallest absolute Gasteiger partial charge is 0.181 e. The van der Waals surface area contributed by atoms with Crippen molar-refractivity contribution >= 4 is 49.3 Å². The first-order chi connectivity index (χ1) is 8.81. The number of nitrogens with zero attached hydrogens (tertiary/aromatic N) is 3. The molecule has 6 heteroatoms. The van der Waals surface area contributed by atoms with Crippen molar-refractivity contribution < 1.29 is 0 Å². The van der Waals surface area contributed by atoms with Gasteiger partial charge in [0, 0.05) is 17.5 Å². The normalized spacial score (nSPS) is 18.1. The van der Waals surface area contributed by atoms with Crippen molar-refractivity contribution in [2.24, 2.45) is 4.99 Å². The fourth-order valence-corrected chi connectivity index (χ4v) is 3.99. The van der Waals surface area contributed by atoms with Crippen LogP contribution in [0.4, 0.5) is 5.13 Å². The Hall–Kier alpha value is -1.53. The topological polar surface area (TPSA) is 54.5 Å². The Morgan fingerprint density at radius 3 is 3.22 bits per heavy atom. The Morgan fingerprint density at radius 1 is 1.33 bits per heavy atom. The summed E-state index contributed by atoms with van der Waals surface area (Å²) < 4.78 is 1.14. The van der Waals surface area contributed by atoms with Crippen LogP contribution in [0.5, 0.6) is 0 Å². The fourth-order valence-electron chi connectivity index (χ4n) is 2.25. The van der Waals surface area contributed by atoms with Crippen molar-refractivity contribution in [2.45, 2.75) is 0 Å². The second-order valence-electron chi connectivity index (χ2n) is 4.17. The predicted molar refractivity (Wildman–Crippen MR) is 78.6 cm³/mol. The quantitative estimate of drug-likeness (QED) is 0.868. The van der Waals surface area contributed by atoms with Crippen LogP contribution in [-0.2, 0) is 0 Å². The first-order valence-electron chi connectivity index (χ1n) is 5.66. The van der Waals surface area contributed by atoms with Crippen molar-refractivity contribution in [3.8, 4) is 0 Å². The lowest BCUT2D eigenvalue weighted by Gasteiger charge is -2.16. The minimum Gasteiger partial charge on any atom is -0.375 e. The molecule has 0 unspecified atom stereocenters. The summed E-state index contributed by atoms with van der Waals surface area (Å²) in [5, 5.41) is 3.91. The number of benzene rings is 1. The average molecular weight is 274 g/mol. The Labute approximate surface area is 112 Å². The van der Waals surface area contributed by atoms with Gasteiger partial charge in [-0.15, -0.1) is 0 Å². The number of aromatic nitrogens is 1. The van der Waals surface area contributed by atoms with Gasteiger partial charge in [-0.05, 0) is 12.1 Å². The number of nitrogens with two attached hydrogens (primary N) is 1. The zero-order valence-corrected chi connectivity index (χ0v) is 11.1. The van der Waals surface area contributed by atoms with Gasteiger partial charge < -0.3 is 10.6 Å². The number of thioether (sulfide) groups is 1. The molecule has 18 heavy (non-hydrogen) atoms. The number of thiazole rings is 1. The molecule has 90 valence electrons. The van der Waals surface area contributed by atoms with E-state index in [1.807, 2.05) is 6.07 Å². The van der Waals surface area contributed by atoms with Crippen LogP contribution in [-0.4, -0.2) is 28.1 Å². The first-order valence-corrected chi connectivity index (χ1v) is 7.36. The summed E-state index contributed by atoms with van der Waals surface area (Å²) in [5.74, 6) is 0. The molecule has 0 fully saturated rings. The summed E-state index contributed by atoms with van der Waals surface area (Å²) >= 11 is 3.24. The summed E-state index contributed by atoms with van der Waals surface area (Å²) in [6.07, 6.45) is 0. The highest BCUT2D eigenvalue weighted by molar-refractivity contribution is 8.16. The monoisotopic (exact) mass is 274 g/mol. The van der Waals surface area contributed by atoms with Gasteiger partial charge in [0.15, 0.2) is 10.3 Å². The highest BCUT2D eigenvalue weighted by Crippen LogP contribution is 2.36. The fraction of sp³-hybridized carbons (Fsp3) is 0.167. The van der Waals surface area contributed by atoms with Crippen molar-refractivity contribution in [3.05, 3.63) is 29.2 Å². The van der Waals surface area contributed by atoms with Crippen molar-refractivity contribution in [1.29, 1.82) is 0 Å². The van der Waals surface area contributed by atoms with Crippen LogP contribution < -0.4 is 5.73 Å². The molecule has 0 aliphatic carbocycles. The van der Waals surface area contributed by atoms with Crippen LogP contribution in [0.25, 0.3) is 15.9 Å². The summed E-state index contributed by atoms with van der Waals surface area (Å²) in [4.78, 5) is 11.0. The lowest BCUT2D eigenvalue weighted by Crippen LogP contribution is -2.19. The Kier molecular flexibility index (Phi) is 2.15. The van der Waals surface area contributed by atoms with Gasteiger partial charge in [0.1, 0.15) is 0 Å². The highest BCUT2D eigenvalue weighted by atomic mass is 32.2. The van der Waals surface area contributed by atoms with Crippen LogP contribution >= 0.6 is 23.1 Å². The molecule has 4 nitrogen and oxygen atoms in total. The number of hydrogen-bond donors (Lipinski definition) is 1. The minimum atomic E-state index is 0.625. The van der Waals surface area contributed by atoms with E-state index in [9.17, 15) is 0 Å². The van der Waals surface area contributed by atoms with Gasteiger partial charge in [-0.2, -0.15) is 0 Å². The standard InChI is InChI=1S/C12H10N4S2/c13-11-15-8-2-1-7(5-10(8)18-11)9-6-17-12-14-3-4-16(9)12/h1-2,5-6H,3-4H2,(H2,13,15). The molecule has 1 aromatic heterocycles. The number of amidine groups is 1. The zero-order valence-electron chi connectivity index (χ0n) is 9.46. The Bertz CT molecular complexity index is 701. The molecule has 1 aromatic carbocycles. The third-order valence-corrected chi connectivity index (χ3v) is 4.82. The molecular weight excluding hydrogens is 264 g/mol. The Morgan fingerprint density at radius 2 is 2.28 bits per heavy atom. The molecule has 2 N–H and O–H groups in total. The summed E-state index contributed by atoms with van der Waals surface area (Å²) in [6, 6.07) is 6.31. The Balaban J connectivity index is 1.81. The van der Waals surface area contributed by atoms with Gasteiger partial charge >= 0.3 is 0 Å². The SMILES string of the molecule is Nc1nc2ccc(C3=CSC4=NCCN34)cc2s1. The summed E-state index contributed by atoms with van der Waals surface area (Å²) in [5.41, 5.74) is 9.17. The second-order valence-corrected chi connectivity index (χ2v) is 6.07. The third-order valence-electron chi connectivity index (χ3n) is 3.07. The average Bonchev–Trinajstić information content (AvgIpc) is 2.99. The lowest BCUT2D eigenvalue weighted by atomic mass is 10.1. The van der Waals surface area contributed by atoms with Crippen LogP contribution in [0.1, 0.15) is 5.56 Å². The predicted octanol–water partition coefficient (Wildman–Crippen LogP) is 2.60. The molecule has 0 bridgehead atoms. The van der Waals surface area contributed by atoms with E-state index in [0.29, 0.717) is 5.13 Å². The molecule has 3 heterocycles. The molecule has 0 saturated carbocycles. The molecule has 2 aromatic rings. The number of rotatable bonds is 1. The maximum Gasteiger partial charge on any atom is 0.181 e. The number of hydrogen-bond acceptors (Lipinski definition) is 6. The maximum absolute atomic E-state index is 5.74. The number of fused-ring (bicyclic) bond motifs is 2. The van der Waals surface area contributed by atoms with Gasteiger partial charge in [0.05, 0.1) is 22.5 Å². The van der Waals surface area contributed by atoms with Crippen molar-refractivity contribution in [3.63, 3.8) is 0 Å². The first kappa shape index (κ1) is 10.4. The zero-order chi connectivity index (χ0) is 12.1. The highest BCUT2D eigenvalue weighted by Gasteiger charge is 2.27. The van der Waals surface area contributed by atoms with E-state index < -0.39 is 0 Å². The van der Waals surface area contributed by atoms with E-state index >= 15 is 0 Å². The van der Waals surface area contributed by atoms with Crippen LogP contribution in [0, 0.1) is 0 Å². The van der Waals surface area contributed by atoms with E-state index in [2.05, 4.69) is 32.4 Å². The van der Waals surface area contributed by atoms with Crippen LogP contribution in [0.2, 0.25) is 0 Å². The molecule has 0 radical (unpaired) electrons. The second kappa shape index (κ2) is 3.73. The largest absolute Gasteiger partial charge is 0.375 e. The number of nitrogen functional groups attached to an aromatic ring is 1. The van der Waals surface area contributed by atoms with E-state index in [1.54, 1.807) is 11.8 Å². The minimum absolute atomic E-state index is 0.625. The van der Waals surface area contributed by atoms with Gasteiger partial charge in [0.25, 0.3) is 0 Å². The van der Waals surface area contributed by atoms with Gasteiger partial charge in [-0.25, -0.2) is 4.98 Å². The molecule has 0 saturated heterocycles. The lowest BCUT2D eigenvalue weighted by molar-refractivity contribution is 0.650. The number of aliphatic imine (C=N–C) groups is 1. The van der Waals surface area contributed by atoms with Crippen molar-refractivity contribution in [1.82, 2.24) is 9.88 Å². The maximum atomic E-state index is 5.74. The van der Waals surface area contributed by atoms with E-state index in [1.165, 1.54) is 22.6 Å².